The number of nitrogens with one attached hydrogen (secondary N) is 1. The molecule has 0 bridgehead atoms. The summed E-state index contributed by atoms with van der Waals surface area (Å²) in [4.78, 5) is 2.09. The molecule has 2 heterocycles. The average molecular weight is 409 g/mol. The largest absolute Gasteiger partial charge is 0.497 e. The highest BCUT2D eigenvalue weighted by Crippen LogP contribution is 2.29. The van der Waals surface area contributed by atoms with Gasteiger partial charge in [-0.15, -0.1) is 16.4 Å². The zero-order chi connectivity index (χ0) is 20.1. The Bertz CT molecular complexity index is 1070. The van der Waals surface area contributed by atoms with Crippen LogP contribution in [-0.2, 0) is 19.6 Å². The van der Waals surface area contributed by atoms with Gasteiger partial charge in [-0.25, -0.2) is 9.07 Å². The number of benzene rings is 2. The average Bonchev–Trinajstić information content (AvgIpc) is 3.39. The molecule has 0 spiro atoms. The third kappa shape index (κ3) is 4.70. The molecule has 1 N–H and O–H groups in total. The summed E-state index contributed by atoms with van der Waals surface area (Å²) in [6.45, 7) is 2.00. The molecule has 0 fully saturated rings. The van der Waals surface area contributed by atoms with Gasteiger partial charge in [0.1, 0.15) is 11.6 Å². The van der Waals surface area contributed by atoms with Crippen molar-refractivity contribution in [3.8, 4) is 16.2 Å². The molecule has 0 radical (unpaired) electrons. The van der Waals surface area contributed by atoms with Crippen molar-refractivity contribution in [2.24, 2.45) is 0 Å². The van der Waals surface area contributed by atoms with Crippen LogP contribution in [0.1, 0.15) is 16.1 Å². The van der Waals surface area contributed by atoms with Crippen LogP contribution in [0, 0.1) is 5.82 Å². The number of methoxy groups -OCH3 is 1. The molecule has 4 aromatic rings. The lowest BCUT2D eigenvalue weighted by Gasteiger charge is -2.08. The van der Waals surface area contributed by atoms with Gasteiger partial charge < -0.3 is 10.1 Å². The van der Waals surface area contributed by atoms with E-state index in [-0.39, 0.29) is 5.82 Å². The Balaban J connectivity index is 1.35. The maximum Gasteiger partial charge on any atom is 0.131 e. The molecule has 2 aromatic carbocycles. The molecule has 148 valence electrons. The van der Waals surface area contributed by atoms with E-state index in [1.54, 1.807) is 30.7 Å². The SMILES string of the molecule is COc1ccc(Cn2nncc2CNCc2ccc(-c3ccccc3F)s2)cc1. The molecule has 0 aliphatic rings. The fraction of sp³-hybridized carbons (Fsp3) is 0.182. The lowest BCUT2D eigenvalue weighted by molar-refractivity contribution is 0.414. The highest BCUT2D eigenvalue weighted by Gasteiger charge is 2.09. The van der Waals surface area contributed by atoms with Crippen molar-refractivity contribution >= 4 is 11.3 Å². The number of ether oxygens (including phenoxy) is 1. The van der Waals surface area contributed by atoms with Gasteiger partial charge in [-0.2, -0.15) is 0 Å². The van der Waals surface area contributed by atoms with Crippen molar-refractivity contribution in [3.63, 3.8) is 0 Å². The first-order valence-corrected chi connectivity index (χ1v) is 10.1. The zero-order valence-electron chi connectivity index (χ0n) is 16.0. The standard InChI is InChI=1S/C22H21FN4OS/c1-28-18-8-6-16(7-9-18)15-27-17(13-25-26-27)12-24-14-19-10-11-22(29-19)20-4-2-3-5-21(20)23/h2-11,13,24H,12,14-15H2,1H3. The molecule has 0 unspecified atom stereocenters. The number of halogens is 1. The second kappa shape index (κ2) is 8.98. The Hall–Kier alpha value is -3.03. The van der Waals surface area contributed by atoms with Gasteiger partial charge in [-0.1, -0.05) is 35.5 Å². The Labute approximate surface area is 172 Å². The second-order valence-electron chi connectivity index (χ2n) is 6.58. The van der Waals surface area contributed by atoms with Gasteiger partial charge in [0.05, 0.1) is 25.5 Å². The molecule has 0 aliphatic carbocycles. The molecule has 0 atom stereocenters. The van der Waals surface area contributed by atoms with Gasteiger partial charge >= 0.3 is 0 Å². The number of thiophene rings is 1. The number of rotatable bonds is 8. The van der Waals surface area contributed by atoms with Crippen LogP contribution >= 0.6 is 11.3 Å². The van der Waals surface area contributed by atoms with Crippen LogP contribution in [0.15, 0.2) is 66.9 Å². The molecule has 5 nitrogen and oxygen atoms in total. The van der Waals surface area contributed by atoms with Crippen LogP contribution in [0.2, 0.25) is 0 Å². The highest BCUT2D eigenvalue weighted by atomic mass is 32.1. The highest BCUT2D eigenvalue weighted by molar-refractivity contribution is 7.15. The summed E-state index contributed by atoms with van der Waals surface area (Å²) in [5, 5.41) is 11.7. The summed E-state index contributed by atoms with van der Waals surface area (Å²) >= 11 is 1.60. The molecule has 0 aliphatic heterocycles. The quantitative estimate of drug-likeness (QED) is 0.467. The number of aromatic nitrogens is 3. The smallest absolute Gasteiger partial charge is 0.131 e. The van der Waals surface area contributed by atoms with E-state index in [1.807, 2.05) is 53.2 Å². The summed E-state index contributed by atoms with van der Waals surface area (Å²) in [6, 6.07) is 18.8. The first kappa shape index (κ1) is 19.3. The summed E-state index contributed by atoms with van der Waals surface area (Å²) in [7, 11) is 1.66. The van der Waals surface area contributed by atoms with E-state index in [9.17, 15) is 4.39 Å². The van der Waals surface area contributed by atoms with E-state index in [0.717, 1.165) is 26.8 Å². The summed E-state index contributed by atoms with van der Waals surface area (Å²) in [5.74, 6) is 0.641. The first-order chi connectivity index (χ1) is 14.2. The van der Waals surface area contributed by atoms with Crippen LogP contribution in [0.5, 0.6) is 5.75 Å². The Morgan fingerprint density at radius 3 is 2.66 bits per heavy atom. The second-order valence-corrected chi connectivity index (χ2v) is 7.75. The number of hydrogen-bond acceptors (Lipinski definition) is 5. The molecule has 29 heavy (non-hydrogen) atoms. The van der Waals surface area contributed by atoms with Gasteiger partial charge in [-0.05, 0) is 35.9 Å². The first-order valence-electron chi connectivity index (χ1n) is 9.27. The van der Waals surface area contributed by atoms with Crippen LogP contribution in [-0.4, -0.2) is 22.1 Å². The Morgan fingerprint density at radius 1 is 1.03 bits per heavy atom. The van der Waals surface area contributed by atoms with Gasteiger partial charge in [0, 0.05) is 28.4 Å². The van der Waals surface area contributed by atoms with Gasteiger partial charge in [0.25, 0.3) is 0 Å². The van der Waals surface area contributed by atoms with Crippen molar-refractivity contribution in [1.29, 1.82) is 0 Å². The monoisotopic (exact) mass is 408 g/mol. The molecule has 7 heteroatoms. The minimum atomic E-state index is -0.192. The van der Waals surface area contributed by atoms with Crippen molar-refractivity contribution in [1.82, 2.24) is 20.3 Å². The minimum absolute atomic E-state index is 0.192. The number of hydrogen-bond donors (Lipinski definition) is 1. The Kier molecular flexibility index (Phi) is 5.97. The molecule has 0 amide bonds. The molecule has 0 saturated carbocycles. The van der Waals surface area contributed by atoms with Gasteiger partial charge in [0.15, 0.2) is 0 Å². The van der Waals surface area contributed by atoms with E-state index in [1.165, 1.54) is 6.07 Å². The minimum Gasteiger partial charge on any atom is -0.497 e. The summed E-state index contributed by atoms with van der Waals surface area (Å²) in [5.41, 5.74) is 2.78. The number of nitrogens with zero attached hydrogens (tertiary/aromatic N) is 3. The van der Waals surface area contributed by atoms with Crippen LogP contribution < -0.4 is 10.1 Å². The van der Waals surface area contributed by atoms with Crippen molar-refractivity contribution in [2.75, 3.05) is 7.11 Å². The van der Waals surface area contributed by atoms with Crippen LogP contribution in [0.3, 0.4) is 0 Å². The third-order valence-corrected chi connectivity index (χ3v) is 5.71. The fourth-order valence-electron chi connectivity index (χ4n) is 3.05. The maximum absolute atomic E-state index is 14.0. The van der Waals surface area contributed by atoms with E-state index in [2.05, 4.69) is 15.6 Å². The normalized spacial score (nSPS) is 11.0. The fourth-order valence-corrected chi connectivity index (χ4v) is 4.05. The van der Waals surface area contributed by atoms with Crippen molar-refractivity contribution in [2.45, 2.75) is 19.6 Å². The van der Waals surface area contributed by atoms with E-state index < -0.39 is 0 Å². The maximum atomic E-state index is 14.0. The van der Waals surface area contributed by atoms with Gasteiger partial charge in [0.2, 0.25) is 0 Å². The third-order valence-electron chi connectivity index (χ3n) is 4.60. The lowest BCUT2D eigenvalue weighted by Crippen LogP contribution is -2.16. The predicted octanol–water partition coefficient (Wildman–Crippen LogP) is 4.49. The zero-order valence-corrected chi connectivity index (χ0v) is 16.8. The van der Waals surface area contributed by atoms with Crippen LogP contribution in [0.4, 0.5) is 4.39 Å². The molecule has 0 saturated heterocycles. The molecule has 4 rings (SSSR count). The van der Waals surface area contributed by atoms with E-state index in [0.29, 0.717) is 25.2 Å². The van der Waals surface area contributed by atoms with E-state index >= 15 is 0 Å². The van der Waals surface area contributed by atoms with Gasteiger partial charge in [-0.3, -0.25) is 0 Å². The van der Waals surface area contributed by atoms with Crippen LogP contribution in [0.25, 0.3) is 10.4 Å². The topological polar surface area (TPSA) is 52.0 Å². The van der Waals surface area contributed by atoms with Crippen molar-refractivity contribution < 1.29 is 9.13 Å². The predicted molar refractivity (Wildman–Crippen MR) is 112 cm³/mol. The van der Waals surface area contributed by atoms with E-state index in [4.69, 9.17) is 4.74 Å². The van der Waals surface area contributed by atoms with Crippen molar-refractivity contribution in [3.05, 3.63) is 88.8 Å². The Morgan fingerprint density at radius 2 is 1.86 bits per heavy atom. The molecular formula is C22H21FN4OS. The lowest BCUT2D eigenvalue weighted by atomic mass is 10.2. The molecular weight excluding hydrogens is 387 g/mol. The molecule has 2 aromatic heterocycles. The summed E-state index contributed by atoms with van der Waals surface area (Å²) < 4.78 is 21.0. The summed E-state index contributed by atoms with van der Waals surface area (Å²) in [6.07, 6.45) is 1.77.